The fraction of sp³-hybridized carbons (Fsp3) is 0.850. The Labute approximate surface area is 338 Å². The molecule has 322 valence electrons. The van der Waals surface area contributed by atoms with Gasteiger partial charge in [-0.05, 0) is 92.7 Å². The molecular weight excluding hydrogens is 748 g/mol. The Morgan fingerprint density at radius 3 is 1.34 bits per heavy atom. The molecule has 0 spiro atoms. The van der Waals surface area contributed by atoms with Crippen LogP contribution in [0.15, 0.2) is 0 Å². The predicted octanol–water partition coefficient (Wildman–Crippen LogP) is 5.86. The molecule has 16 heteroatoms. The van der Waals surface area contributed by atoms with Gasteiger partial charge < -0.3 is 39.6 Å². The standard InChI is InChI=1S/C20H34N2O5.C11H21NO4.C9H14ClNO2/c1-18(2,3)14(21-17(25)27-19(4,5)6)15(23)22-10-11-12(20(11,7)8)13(22)16(24)26-9;1-10(2,3)7(8(13)14)12-9(15)16-11(4,5)6;1-9(2)5-4-11(10)7(6(5)9)8(12)13-3/h11-14H,10H2,1-9H3,(H,21,25);7H,1-6H3,(H,12,15)(H,13,14);5-7H,4H2,1-3H3/t11?,12?,13-,14?;7-;5?,6?,7-/m010/s1. The minimum atomic E-state index is -1.07. The Bertz CT molecular complexity index is 1490. The molecular formula is C40H69ClN4O11. The summed E-state index contributed by atoms with van der Waals surface area (Å²) in [5.74, 6) is -0.625. The van der Waals surface area contributed by atoms with Crippen LogP contribution >= 0.6 is 11.8 Å². The summed E-state index contributed by atoms with van der Waals surface area (Å²) >= 11 is 5.94. The van der Waals surface area contributed by atoms with Crippen LogP contribution in [0.1, 0.15) is 111 Å². The number of nitrogens with zero attached hydrogens (tertiary/aromatic N) is 2. The molecule has 3 N–H and O–H groups in total. The first-order valence-corrected chi connectivity index (χ1v) is 19.5. The average molecular weight is 817 g/mol. The van der Waals surface area contributed by atoms with Crippen molar-refractivity contribution in [2.75, 3.05) is 27.3 Å². The minimum Gasteiger partial charge on any atom is -0.480 e. The van der Waals surface area contributed by atoms with E-state index in [9.17, 15) is 28.8 Å². The highest BCUT2D eigenvalue weighted by Crippen LogP contribution is 2.66. The van der Waals surface area contributed by atoms with Crippen LogP contribution in [0.25, 0.3) is 0 Å². The van der Waals surface area contributed by atoms with Crippen LogP contribution in [0.5, 0.6) is 0 Å². The van der Waals surface area contributed by atoms with Crippen LogP contribution in [0.3, 0.4) is 0 Å². The van der Waals surface area contributed by atoms with E-state index >= 15 is 0 Å². The van der Waals surface area contributed by atoms with E-state index in [0.29, 0.717) is 18.4 Å². The number of piperidine rings is 2. The summed E-state index contributed by atoms with van der Waals surface area (Å²) in [7, 11) is 2.75. The molecule has 4 aliphatic rings. The van der Waals surface area contributed by atoms with Crippen molar-refractivity contribution in [1.82, 2.24) is 20.0 Å². The molecule has 0 aromatic heterocycles. The van der Waals surface area contributed by atoms with Gasteiger partial charge in [-0.2, -0.15) is 0 Å². The Hall–Kier alpha value is -3.33. The van der Waals surface area contributed by atoms with Gasteiger partial charge in [0.25, 0.3) is 0 Å². The second kappa shape index (κ2) is 16.9. The summed E-state index contributed by atoms with van der Waals surface area (Å²) in [4.78, 5) is 73.4. The Kier molecular flexibility index (Phi) is 14.7. The lowest BCUT2D eigenvalue weighted by atomic mass is 9.85. The van der Waals surface area contributed by atoms with Gasteiger partial charge in [-0.25, -0.2) is 23.6 Å². The highest BCUT2D eigenvalue weighted by molar-refractivity contribution is 6.15. The van der Waals surface area contributed by atoms with Crippen molar-refractivity contribution >= 4 is 47.8 Å². The normalized spacial score (nSPS) is 26.9. The molecule has 2 saturated heterocycles. The third-order valence-electron chi connectivity index (χ3n) is 11.1. The molecule has 4 rings (SSSR count). The zero-order chi connectivity index (χ0) is 43.9. The molecule has 2 aliphatic carbocycles. The molecule has 5 unspecified atom stereocenters. The molecule has 15 nitrogen and oxygen atoms in total. The number of amides is 3. The minimum absolute atomic E-state index is 0.0193. The number of ether oxygens (including phenoxy) is 4. The summed E-state index contributed by atoms with van der Waals surface area (Å²) in [6.45, 7) is 31.2. The highest BCUT2D eigenvalue weighted by atomic mass is 35.5. The molecule has 0 aromatic carbocycles. The lowest BCUT2D eigenvalue weighted by Gasteiger charge is -2.37. The number of esters is 2. The smallest absolute Gasteiger partial charge is 0.408 e. The van der Waals surface area contributed by atoms with Gasteiger partial charge in [0.15, 0.2) is 0 Å². The lowest BCUT2D eigenvalue weighted by molar-refractivity contribution is -0.154. The van der Waals surface area contributed by atoms with Crippen molar-refractivity contribution < 1.29 is 52.8 Å². The number of rotatable bonds is 6. The van der Waals surface area contributed by atoms with Gasteiger partial charge in [0.1, 0.15) is 35.4 Å². The van der Waals surface area contributed by atoms with E-state index in [0.717, 1.165) is 6.54 Å². The highest BCUT2D eigenvalue weighted by Gasteiger charge is 2.70. The van der Waals surface area contributed by atoms with E-state index in [1.165, 1.54) is 14.2 Å². The zero-order valence-corrected chi connectivity index (χ0v) is 37.6. The van der Waals surface area contributed by atoms with Gasteiger partial charge in [0, 0.05) is 19.0 Å². The first-order chi connectivity index (χ1) is 25.0. The van der Waals surface area contributed by atoms with Gasteiger partial charge in [0.2, 0.25) is 5.91 Å². The van der Waals surface area contributed by atoms with Gasteiger partial charge in [-0.15, -0.1) is 0 Å². The van der Waals surface area contributed by atoms with Crippen molar-refractivity contribution in [2.45, 2.75) is 146 Å². The van der Waals surface area contributed by atoms with Crippen LogP contribution in [0.4, 0.5) is 9.59 Å². The molecule has 2 saturated carbocycles. The predicted molar refractivity (Wildman–Crippen MR) is 210 cm³/mol. The number of methoxy groups -OCH3 is 2. The molecule has 4 fully saturated rings. The van der Waals surface area contributed by atoms with Gasteiger partial charge in [0.05, 0.1) is 14.2 Å². The van der Waals surface area contributed by atoms with E-state index < -0.39 is 64.3 Å². The molecule has 0 radical (unpaired) electrons. The number of aliphatic carboxylic acids is 1. The second-order valence-electron chi connectivity index (χ2n) is 20.6. The maximum absolute atomic E-state index is 13.3. The quantitative estimate of drug-likeness (QED) is 0.165. The zero-order valence-electron chi connectivity index (χ0n) is 36.8. The van der Waals surface area contributed by atoms with E-state index in [1.807, 2.05) is 20.8 Å². The number of carboxylic acid groups (broad SMARTS) is 1. The first kappa shape index (κ1) is 48.8. The monoisotopic (exact) mass is 816 g/mol. The van der Waals surface area contributed by atoms with Crippen molar-refractivity contribution in [3.63, 3.8) is 0 Å². The number of carbonyl (C=O) groups excluding carboxylic acids is 5. The molecule has 56 heavy (non-hydrogen) atoms. The van der Waals surface area contributed by atoms with Crippen molar-refractivity contribution in [2.24, 2.45) is 45.3 Å². The number of nitrogens with one attached hydrogen (secondary N) is 2. The maximum Gasteiger partial charge on any atom is 0.408 e. The molecule has 3 amide bonds. The van der Waals surface area contributed by atoms with Crippen LogP contribution in [-0.4, -0.2) is 113 Å². The summed E-state index contributed by atoms with van der Waals surface area (Å²) in [6.07, 6.45) is -1.36. The van der Waals surface area contributed by atoms with E-state index in [1.54, 1.807) is 71.6 Å². The second-order valence-corrected chi connectivity index (χ2v) is 21.1. The third-order valence-corrected chi connectivity index (χ3v) is 11.4. The van der Waals surface area contributed by atoms with Crippen molar-refractivity contribution in [1.29, 1.82) is 0 Å². The van der Waals surface area contributed by atoms with Gasteiger partial charge in [-0.3, -0.25) is 9.59 Å². The third kappa shape index (κ3) is 11.9. The average Bonchev–Trinajstić information content (AvgIpc) is 3.49. The summed E-state index contributed by atoms with van der Waals surface area (Å²) in [5.41, 5.74) is -2.12. The molecule has 2 heterocycles. The number of fused-ring (bicyclic) bond motifs is 2. The SMILES string of the molecule is CC(C)(C)OC(=O)N[C@H](C(=O)O)C(C)(C)C.COC(=O)[C@@H]1C2C(CN1C(=O)C(NC(=O)OC(C)(C)C)C(C)(C)C)C2(C)C.COC(=O)[C@@H]1C2C(CN1Cl)C2(C)C. The number of carboxylic acids is 1. The summed E-state index contributed by atoms with van der Waals surface area (Å²) in [6, 6.07) is -2.61. The number of alkyl carbamates (subject to hydrolysis) is 2. The molecule has 8 atom stereocenters. The largest absolute Gasteiger partial charge is 0.480 e. The fourth-order valence-corrected chi connectivity index (χ4v) is 8.19. The number of hydrogen-bond acceptors (Lipinski definition) is 11. The summed E-state index contributed by atoms with van der Waals surface area (Å²) in [5, 5.41) is 14.1. The summed E-state index contributed by atoms with van der Waals surface area (Å²) < 4.78 is 21.6. The van der Waals surface area contributed by atoms with Crippen LogP contribution in [-0.2, 0) is 38.1 Å². The molecule has 2 aliphatic heterocycles. The topological polar surface area (TPSA) is 190 Å². The van der Waals surface area contributed by atoms with E-state index in [-0.39, 0.29) is 40.6 Å². The Balaban J connectivity index is 0.000000317. The number of hydrogen-bond donors (Lipinski definition) is 3. The van der Waals surface area contributed by atoms with Crippen LogP contribution < -0.4 is 10.6 Å². The maximum atomic E-state index is 13.3. The first-order valence-electron chi connectivity index (χ1n) is 19.1. The Morgan fingerprint density at radius 2 is 1.00 bits per heavy atom. The Morgan fingerprint density at radius 1 is 0.643 bits per heavy atom. The molecule has 0 bridgehead atoms. The van der Waals surface area contributed by atoms with Crippen LogP contribution in [0.2, 0.25) is 0 Å². The van der Waals surface area contributed by atoms with Crippen LogP contribution in [0, 0.1) is 45.3 Å². The van der Waals surface area contributed by atoms with E-state index in [2.05, 4.69) is 38.3 Å². The van der Waals surface area contributed by atoms with Crippen molar-refractivity contribution in [3.05, 3.63) is 0 Å². The lowest BCUT2D eigenvalue weighted by Crippen LogP contribution is -2.58. The fourth-order valence-electron chi connectivity index (χ4n) is 7.84. The number of carbonyl (C=O) groups is 6. The van der Waals surface area contributed by atoms with Gasteiger partial charge >= 0.3 is 30.1 Å². The molecule has 0 aromatic rings. The van der Waals surface area contributed by atoms with Gasteiger partial charge in [-0.1, -0.05) is 69.2 Å². The number of halogens is 1. The van der Waals surface area contributed by atoms with Crippen molar-refractivity contribution in [3.8, 4) is 0 Å². The van der Waals surface area contributed by atoms with E-state index in [4.69, 9.17) is 35.8 Å². The number of likely N-dealkylation sites (tertiary alicyclic amines) is 1.